The predicted molar refractivity (Wildman–Crippen MR) is 87.4 cm³/mol. The highest BCUT2D eigenvalue weighted by molar-refractivity contribution is 5.81. The number of fused-ring (bicyclic) bond motifs is 1. The van der Waals surface area contributed by atoms with Crippen LogP contribution in [-0.4, -0.2) is 34.1 Å². The van der Waals surface area contributed by atoms with Crippen LogP contribution >= 0.6 is 0 Å². The maximum Gasteiger partial charge on any atom is 0.305 e. The van der Waals surface area contributed by atoms with Crippen molar-refractivity contribution in [1.82, 2.24) is 15.0 Å². The van der Waals surface area contributed by atoms with E-state index in [9.17, 15) is 4.39 Å². The smallest absolute Gasteiger partial charge is 0.305 e. The maximum atomic E-state index is 13.7. The number of aryl methyl sites for hydroxylation is 1. The second kappa shape index (κ2) is 6.07. The zero-order valence-electron chi connectivity index (χ0n) is 13.4. The Morgan fingerprint density at radius 2 is 2.25 bits per heavy atom. The van der Waals surface area contributed by atoms with Gasteiger partial charge >= 0.3 is 5.65 Å². The van der Waals surface area contributed by atoms with Crippen molar-refractivity contribution in [2.45, 2.75) is 25.8 Å². The summed E-state index contributed by atoms with van der Waals surface area (Å²) in [6.07, 6.45) is 3.80. The standard InChI is InChI=1S/C17H18FN5O/c1-11-21-16-15(19-10-20-16)17(22-11)23-8-4-5-12(23)9-24-14-7-3-2-6-13(14)18/h2-3,6-7,10,12H,4-5,8-9H2,1H3,(H,19,20,21,22)/p+1/t12-/m1/s1. The monoisotopic (exact) mass is 328 g/mol. The molecule has 1 fully saturated rings. The van der Waals surface area contributed by atoms with Crippen LogP contribution in [0.2, 0.25) is 0 Å². The van der Waals surface area contributed by atoms with Gasteiger partial charge in [0.25, 0.3) is 0 Å². The zero-order valence-corrected chi connectivity index (χ0v) is 13.4. The SMILES string of the molecule is Cc1nc(N2CCC[C@@H]2COc2ccccc2F)c2[nH]c[nH+]c2n1. The van der Waals surface area contributed by atoms with Gasteiger partial charge in [0.05, 0.1) is 6.04 Å². The normalized spacial score (nSPS) is 17.6. The van der Waals surface area contributed by atoms with Crippen molar-refractivity contribution < 1.29 is 14.1 Å². The lowest BCUT2D eigenvalue weighted by molar-refractivity contribution is -0.347. The van der Waals surface area contributed by atoms with E-state index in [1.165, 1.54) is 6.07 Å². The minimum Gasteiger partial charge on any atom is -0.488 e. The van der Waals surface area contributed by atoms with Crippen LogP contribution < -0.4 is 14.6 Å². The summed E-state index contributed by atoms with van der Waals surface area (Å²) in [5.74, 6) is 1.55. The second-order valence-electron chi connectivity index (χ2n) is 5.98. The Hall–Kier alpha value is -2.70. The fraction of sp³-hybridized carbons (Fsp3) is 0.353. The van der Waals surface area contributed by atoms with Crippen molar-refractivity contribution in [2.75, 3.05) is 18.1 Å². The molecule has 0 unspecified atom stereocenters. The molecule has 0 saturated carbocycles. The molecule has 0 spiro atoms. The predicted octanol–water partition coefficient (Wildman–Crippen LogP) is 2.27. The van der Waals surface area contributed by atoms with Gasteiger partial charge in [0, 0.05) is 13.5 Å². The number of nitrogens with one attached hydrogen (secondary N) is 2. The molecule has 7 heteroatoms. The van der Waals surface area contributed by atoms with E-state index in [2.05, 4.69) is 24.8 Å². The van der Waals surface area contributed by atoms with Crippen LogP contribution in [0.4, 0.5) is 10.2 Å². The first kappa shape index (κ1) is 14.9. The van der Waals surface area contributed by atoms with Crippen LogP contribution in [-0.2, 0) is 0 Å². The molecule has 0 bridgehead atoms. The molecule has 0 amide bonds. The Morgan fingerprint density at radius 3 is 3.12 bits per heavy atom. The van der Waals surface area contributed by atoms with E-state index in [-0.39, 0.29) is 11.9 Å². The summed E-state index contributed by atoms with van der Waals surface area (Å²) in [6, 6.07) is 6.66. The van der Waals surface area contributed by atoms with Crippen molar-refractivity contribution in [1.29, 1.82) is 0 Å². The van der Waals surface area contributed by atoms with E-state index in [0.717, 1.165) is 36.4 Å². The van der Waals surface area contributed by atoms with Crippen molar-refractivity contribution in [2.24, 2.45) is 0 Å². The summed E-state index contributed by atoms with van der Waals surface area (Å²) in [5.41, 5.74) is 1.68. The first-order chi connectivity index (χ1) is 11.7. The van der Waals surface area contributed by atoms with Gasteiger partial charge in [0.15, 0.2) is 23.7 Å². The molecule has 2 aromatic heterocycles. The van der Waals surface area contributed by atoms with E-state index < -0.39 is 0 Å². The molecule has 3 heterocycles. The lowest BCUT2D eigenvalue weighted by Gasteiger charge is -2.25. The Morgan fingerprint density at radius 1 is 1.38 bits per heavy atom. The number of ether oxygens (including phenoxy) is 1. The van der Waals surface area contributed by atoms with Gasteiger partial charge in [-0.15, -0.1) is 0 Å². The third kappa shape index (κ3) is 2.66. The fourth-order valence-electron chi connectivity index (χ4n) is 3.22. The molecule has 1 atom stereocenters. The number of H-pyrrole nitrogens is 2. The molecular formula is C17H19FN5O+. The molecule has 4 rings (SSSR count). The Balaban J connectivity index is 1.58. The van der Waals surface area contributed by atoms with Crippen LogP contribution in [0.1, 0.15) is 18.7 Å². The number of aromatic amines is 2. The molecule has 2 N–H and O–H groups in total. The van der Waals surface area contributed by atoms with Gasteiger partial charge in [-0.25, -0.2) is 9.37 Å². The highest BCUT2D eigenvalue weighted by Gasteiger charge is 2.30. The quantitative estimate of drug-likeness (QED) is 0.798. The molecule has 1 aromatic carbocycles. The van der Waals surface area contributed by atoms with Crippen molar-refractivity contribution in [3.8, 4) is 5.75 Å². The summed E-state index contributed by atoms with van der Waals surface area (Å²) in [6.45, 7) is 3.20. The Bertz CT molecular complexity index is 865. The number of aromatic nitrogens is 4. The van der Waals surface area contributed by atoms with Gasteiger partial charge in [0.2, 0.25) is 11.3 Å². The molecule has 3 aromatic rings. The van der Waals surface area contributed by atoms with Gasteiger partial charge in [-0.2, -0.15) is 4.98 Å². The van der Waals surface area contributed by atoms with Crippen molar-refractivity contribution >= 4 is 17.0 Å². The number of rotatable bonds is 4. The van der Waals surface area contributed by atoms with E-state index >= 15 is 0 Å². The number of para-hydroxylation sites is 1. The van der Waals surface area contributed by atoms with Gasteiger partial charge < -0.3 is 9.64 Å². The van der Waals surface area contributed by atoms with E-state index in [4.69, 9.17) is 4.74 Å². The Kier molecular flexibility index (Phi) is 3.76. The first-order valence-electron chi connectivity index (χ1n) is 8.10. The summed E-state index contributed by atoms with van der Waals surface area (Å²) in [5, 5.41) is 0. The van der Waals surface area contributed by atoms with Crippen molar-refractivity contribution in [3.63, 3.8) is 0 Å². The van der Waals surface area contributed by atoms with Crippen LogP contribution in [0, 0.1) is 12.7 Å². The fourth-order valence-corrected chi connectivity index (χ4v) is 3.22. The average molecular weight is 328 g/mol. The zero-order chi connectivity index (χ0) is 16.5. The first-order valence-corrected chi connectivity index (χ1v) is 8.10. The number of nitrogens with zero attached hydrogens (tertiary/aromatic N) is 3. The molecular weight excluding hydrogens is 309 g/mol. The average Bonchev–Trinajstić information content (AvgIpc) is 3.22. The summed E-state index contributed by atoms with van der Waals surface area (Å²) in [7, 11) is 0. The molecule has 1 saturated heterocycles. The van der Waals surface area contributed by atoms with Gasteiger partial charge in [-0.3, -0.25) is 4.98 Å². The number of anilines is 1. The maximum absolute atomic E-state index is 13.7. The third-order valence-corrected chi connectivity index (χ3v) is 4.34. The van der Waals surface area contributed by atoms with Crippen LogP contribution in [0.15, 0.2) is 30.6 Å². The van der Waals surface area contributed by atoms with Crippen LogP contribution in [0.3, 0.4) is 0 Å². The summed E-state index contributed by atoms with van der Waals surface area (Å²) in [4.78, 5) is 17.5. The van der Waals surface area contributed by atoms with Crippen LogP contribution in [0.25, 0.3) is 11.2 Å². The number of hydrogen-bond donors (Lipinski definition) is 1. The topological polar surface area (TPSA) is 68.2 Å². The minimum atomic E-state index is -0.332. The molecule has 1 aliphatic rings. The molecule has 0 aliphatic carbocycles. The third-order valence-electron chi connectivity index (χ3n) is 4.34. The van der Waals surface area contributed by atoms with Gasteiger partial charge in [-0.05, 0) is 25.0 Å². The second-order valence-corrected chi connectivity index (χ2v) is 5.98. The summed E-state index contributed by atoms with van der Waals surface area (Å²) >= 11 is 0. The van der Waals surface area contributed by atoms with E-state index in [0.29, 0.717) is 18.2 Å². The highest BCUT2D eigenvalue weighted by Crippen LogP contribution is 2.28. The lowest BCUT2D eigenvalue weighted by Crippen LogP contribution is -2.35. The highest BCUT2D eigenvalue weighted by atomic mass is 19.1. The minimum absolute atomic E-state index is 0.158. The number of benzene rings is 1. The van der Waals surface area contributed by atoms with Gasteiger partial charge in [-0.1, -0.05) is 17.1 Å². The molecule has 24 heavy (non-hydrogen) atoms. The molecule has 0 radical (unpaired) electrons. The van der Waals surface area contributed by atoms with E-state index in [1.54, 1.807) is 24.5 Å². The number of hydrogen-bond acceptors (Lipinski definition) is 4. The summed E-state index contributed by atoms with van der Waals surface area (Å²) < 4.78 is 19.5. The van der Waals surface area contributed by atoms with E-state index in [1.807, 2.05) is 6.92 Å². The molecule has 124 valence electrons. The number of imidazole rings is 1. The molecule has 6 nitrogen and oxygen atoms in total. The molecule has 1 aliphatic heterocycles. The van der Waals surface area contributed by atoms with Crippen LogP contribution in [0.5, 0.6) is 5.75 Å². The number of halogens is 1. The van der Waals surface area contributed by atoms with Crippen molar-refractivity contribution in [3.05, 3.63) is 42.2 Å². The van der Waals surface area contributed by atoms with Gasteiger partial charge in [0.1, 0.15) is 6.61 Å². The lowest BCUT2D eigenvalue weighted by atomic mass is 10.2. The Labute approximate surface area is 138 Å². The largest absolute Gasteiger partial charge is 0.488 e.